The predicted molar refractivity (Wildman–Crippen MR) is 97.8 cm³/mol. The molecule has 0 aromatic heterocycles. The number of ether oxygens (including phenoxy) is 1. The van der Waals surface area contributed by atoms with Crippen LogP contribution < -0.4 is 10.1 Å². The molecule has 27 heavy (non-hydrogen) atoms. The van der Waals surface area contributed by atoms with Crippen LogP contribution in [-0.4, -0.2) is 23.4 Å². The molecule has 0 aliphatic heterocycles. The second kappa shape index (κ2) is 8.50. The van der Waals surface area contributed by atoms with E-state index >= 15 is 0 Å². The van der Waals surface area contributed by atoms with Crippen LogP contribution in [0.5, 0.6) is 5.75 Å². The Morgan fingerprint density at radius 1 is 1.11 bits per heavy atom. The van der Waals surface area contributed by atoms with Crippen molar-refractivity contribution < 1.29 is 23.0 Å². The zero-order chi connectivity index (χ0) is 19.4. The molecular weight excluding hydrogens is 379 g/mol. The van der Waals surface area contributed by atoms with Crippen LogP contribution in [0.2, 0.25) is 5.02 Å². The van der Waals surface area contributed by atoms with Gasteiger partial charge in [0, 0.05) is 17.6 Å². The fourth-order valence-corrected chi connectivity index (χ4v) is 3.41. The van der Waals surface area contributed by atoms with Crippen LogP contribution in [0, 0.1) is 0 Å². The quantitative estimate of drug-likeness (QED) is 0.758. The molecule has 0 amide bonds. The first-order valence-electron chi connectivity index (χ1n) is 8.83. The molecule has 1 aliphatic rings. The highest BCUT2D eigenvalue weighted by Gasteiger charge is 2.33. The van der Waals surface area contributed by atoms with Gasteiger partial charge in [0.1, 0.15) is 18.0 Å². The number of aliphatic hydroxyl groups is 1. The molecule has 3 nitrogen and oxygen atoms in total. The molecule has 0 bridgehead atoms. The van der Waals surface area contributed by atoms with E-state index in [1.165, 1.54) is 6.07 Å². The summed E-state index contributed by atoms with van der Waals surface area (Å²) in [5.41, 5.74) is -0.146. The van der Waals surface area contributed by atoms with E-state index in [-0.39, 0.29) is 18.7 Å². The van der Waals surface area contributed by atoms with E-state index < -0.39 is 17.8 Å². The number of nitrogens with one attached hydrogen (secondary N) is 1. The molecular formula is C20H21ClF3NO2. The van der Waals surface area contributed by atoms with Gasteiger partial charge in [-0.1, -0.05) is 29.8 Å². The molecule has 1 aliphatic carbocycles. The second-order valence-electron chi connectivity index (χ2n) is 6.72. The normalized spacial score (nSPS) is 23.2. The lowest BCUT2D eigenvalue weighted by Crippen LogP contribution is -2.50. The van der Waals surface area contributed by atoms with Gasteiger partial charge in [0.25, 0.3) is 0 Å². The first-order valence-corrected chi connectivity index (χ1v) is 9.20. The highest BCUT2D eigenvalue weighted by Crippen LogP contribution is 2.30. The average Bonchev–Trinajstić information content (AvgIpc) is 2.64. The summed E-state index contributed by atoms with van der Waals surface area (Å²) < 4.78 is 44.3. The molecule has 146 valence electrons. The largest absolute Gasteiger partial charge is 0.488 e. The first kappa shape index (κ1) is 20.0. The standard InChI is InChI=1S/C20H21ClF3NO2/c21-15-7-9-16(10-8-15)27-18-6-2-5-17(19(18)26)25-12-13-3-1-4-14(11-13)20(22,23)24/h1,3-4,7-11,17-19,25-26H,2,5-6,12H2/t17-,18+,19+/m0/s1. The molecule has 0 heterocycles. The minimum Gasteiger partial charge on any atom is -0.488 e. The maximum atomic E-state index is 12.8. The molecule has 0 spiro atoms. The van der Waals surface area contributed by atoms with Crippen molar-refractivity contribution in [2.24, 2.45) is 0 Å². The van der Waals surface area contributed by atoms with Gasteiger partial charge in [0.05, 0.1) is 5.56 Å². The van der Waals surface area contributed by atoms with Crippen molar-refractivity contribution in [3.8, 4) is 5.75 Å². The van der Waals surface area contributed by atoms with Crippen molar-refractivity contribution >= 4 is 11.6 Å². The van der Waals surface area contributed by atoms with Gasteiger partial charge in [-0.3, -0.25) is 0 Å². The summed E-state index contributed by atoms with van der Waals surface area (Å²) in [6, 6.07) is 11.9. The Balaban J connectivity index is 1.59. The Morgan fingerprint density at radius 3 is 2.56 bits per heavy atom. The molecule has 2 N–H and O–H groups in total. The maximum absolute atomic E-state index is 12.8. The monoisotopic (exact) mass is 399 g/mol. The number of benzene rings is 2. The summed E-state index contributed by atoms with van der Waals surface area (Å²) in [5, 5.41) is 14.4. The maximum Gasteiger partial charge on any atom is 0.416 e. The van der Waals surface area contributed by atoms with E-state index in [2.05, 4.69) is 5.32 Å². The minimum atomic E-state index is -4.36. The lowest BCUT2D eigenvalue weighted by Gasteiger charge is -2.35. The molecule has 7 heteroatoms. The van der Waals surface area contributed by atoms with Gasteiger partial charge in [0.15, 0.2) is 0 Å². The molecule has 1 saturated carbocycles. The summed E-state index contributed by atoms with van der Waals surface area (Å²) in [6.07, 6.45) is -3.18. The predicted octanol–water partition coefficient (Wildman–Crippen LogP) is 4.81. The zero-order valence-corrected chi connectivity index (χ0v) is 15.3. The Labute approximate surface area is 161 Å². The van der Waals surface area contributed by atoms with Gasteiger partial charge >= 0.3 is 6.18 Å². The Bertz CT molecular complexity index is 752. The van der Waals surface area contributed by atoms with Crippen LogP contribution in [-0.2, 0) is 12.7 Å². The molecule has 0 saturated heterocycles. The molecule has 0 unspecified atom stereocenters. The molecule has 3 rings (SSSR count). The van der Waals surface area contributed by atoms with Gasteiger partial charge in [0.2, 0.25) is 0 Å². The molecule has 3 atom stereocenters. The van der Waals surface area contributed by atoms with E-state index in [1.807, 2.05) is 0 Å². The smallest absolute Gasteiger partial charge is 0.416 e. The van der Waals surface area contributed by atoms with Crippen molar-refractivity contribution in [3.05, 3.63) is 64.7 Å². The second-order valence-corrected chi connectivity index (χ2v) is 7.15. The Hall–Kier alpha value is -1.76. The minimum absolute atomic E-state index is 0.245. The highest BCUT2D eigenvalue weighted by molar-refractivity contribution is 6.30. The van der Waals surface area contributed by atoms with E-state index in [0.29, 0.717) is 22.8 Å². The van der Waals surface area contributed by atoms with E-state index in [4.69, 9.17) is 16.3 Å². The fraction of sp³-hybridized carbons (Fsp3) is 0.400. The van der Waals surface area contributed by atoms with Crippen molar-refractivity contribution in [3.63, 3.8) is 0 Å². The van der Waals surface area contributed by atoms with Gasteiger partial charge in [-0.25, -0.2) is 0 Å². The Kier molecular flexibility index (Phi) is 6.29. The van der Waals surface area contributed by atoms with Crippen molar-refractivity contribution in [1.82, 2.24) is 5.32 Å². The van der Waals surface area contributed by atoms with Crippen LogP contribution in [0.4, 0.5) is 13.2 Å². The number of halogens is 4. The SMILES string of the molecule is O[C@@H]1[C@@H](NCc2cccc(C(F)(F)F)c2)CCC[C@H]1Oc1ccc(Cl)cc1. The third-order valence-corrected chi connectivity index (χ3v) is 4.97. The average molecular weight is 400 g/mol. The van der Waals surface area contributed by atoms with E-state index in [1.54, 1.807) is 30.3 Å². The van der Waals surface area contributed by atoms with Crippen LogP contribution in [0.1, 0.15) is 30.4 Å². The number of alkyl halides is 3. The summed E-state index contributed by atoms with van der Waals surface area (Å²) in [6.45, 7) is 0.249. The van der Waals surface area contributed by atoms with Gasteiger partial charge in [-0.2, -0.15) is 13.2 Å². The Morgan fingerprint density at radius 2 is 1.85 bits per heavy atom. The highest BCUT2D eigenvalue weighted by atomic mass is 35.5. The van der Waals surface area contributed by atoms with Gasteiger partial charge in [-0.15, -0.1) is 0 Å². The summed E-state index contributed by atoms with van der Waals surface area (Å²) in [7, 11) is 0. The number of hydrogen-bond acceptors (Lipinski definition) is 3. The third kappa shape index (κ3) is 5.37. The topological polar surface area (TPSA) is 41.5 Å². The van der Waals surface area contributed by atoms with E-state index in [0.717, 1.165) is 25.0 Å². The van der Waals surface area contributed by atoms with Crippen molar-refractivity contribution in [1.29, 1.82) is 0 Å². The lowest BCUT2D eigenvalue weighted by atomic mass is 9.89. The molecule has 0 radical (unpaired) electrons. The van der Waals surface area contributed by atoms with Crippen LogP contribution in [0.3, 0.4) is 0 Å². The van der Waals surface area contributed by atoms with Gasteiger partial charge < -0.3 is 15.2 Å². The molecule has 1 fully saturated rings. The summed E-state index contributed by atoms with van der Waals surface area (Å²) in [4.78, 5) is 0. The summed E-state index contributed by atoms with van der Waals surface area (Å²) >= 11 is 5.86. The first-order chi connectivity index (χ1) is 12.8. The number of rotatable bonds is 5. The van der Waals surface area contributed by atoms with Crippen LogP contribution in [0.25, 0.3) is 0 Å². The van der Waals surface area contributed by atoms with Crippen molar-refractivity contribution in [2.45, 2.75) is 50.2 Å². The molecule has 2 aromatic carbocycles. The zero-order valence-electron chi connectivity index (χ0n) is 14.5. The number of hydrogen-bond donors (Lipinski definition) is 2. The number of aliphatic hydroxyl groups excluding tert-OH is 1. The lowest BCUT2D eigenvalue weighted by molar-refractivity contribution is -0.137. The van der Waals surface area contributed by atoms with Crippen molar-refractivity contribution in [2.75, 3.05) is 0 Å². The van der Waals surface area contributed by atoms with Crippen LogP contribution in [0.15, 0.2) is 48.5 Å². The van der Waals surface area contributed by atoms with Crippen LogP contribution >= 0.6 is 11.6 Å². The van der Waals surface area contributed by atoms with Gasteiger partial charge in [-0.05, 0) is 55.2 Å². The molecule has 2 aromatic rings. The van der Waals surface area contributed by atoms with E-state index in [9.17, 15) is 18.3 Å². The fourth-order valence-electron chi connectivity index (χ4n) is 3.29. The summed E-state index contributed by atoms with van der Waals surface area (Å²) in [5.74, 6) is 0.627. The third-order valence-electron chi connectivity index (χ3n) is 4.72.